The van der Waals surface area contributed by atoms with Crippen LogP contribution in [0.25, 0.3) is 5.57 Å². The van der Waals surface area contributed by atoms with Crippen LogP contribution in [0.4, 0.5) is 26.3 Å². The largest absolute Gasteiger partial charge is 0.417 e. The van der Waals surface area contributed by atoms with Crippen LogP contribution in [-0.2, 0) is 12.6 Å². The Bertz CT molecular complexity index is 1010. The summed E-state index contributed by atoms with van der Waals surface area (Å²) in [5.41, 5.74) is 1.64. The molecule has 0 aliphatic carbocycles. The first kappa shape index (κ1) is 26.3. The molecule has 32 heavy (non-hydrogen) atoms. The molecule has 0 heterocycles. The minimum absolute atomic E-state index is 0.0227. The highest BCUT2D eigenvalue weighted by atomic mass is 35.5. The number of halogens is 9. The van der Waals surface area contributed by atoms with Crippen molar-refractivity contribution in [2.24, 2.45) is 5.73 Å². The molecule has 0 saturated heterocycles. The van der Waals surface area contributed by atoms with Crippen LogP contribution in [0, 0.1) is 0 Å². The molecule has 3 nitrogen and oxygen atoms in total. The van der Waals surface area contributed by atoms with Gasteiger partial charge in [0.1, 0.15) is 0 Å². The molecule has 1 amide bonds. The van der Waals surface area contributed by atoms with Gasteiger partial charge in [-0.25, -0.2) is 0 Å². The summed E-state index contributed by atoms with van der Waals surface area (Å²) in [6.07, 6.45) is -9.56. The summed E-state index contributed by atoms with van der Waals surface area (Å²) in [6, 6.07) is 4.59. The van der Waals surface area contributed by atoms with Gasteiger partial charge in [-0.3, -0.25) is 4.79 Å². The van der Waals surface area contributed by atoms with E-state index < -0.39 is 46.9 Å². The zero-order chi connectivity index (χ0) is 24.3. The van der Waals surface area contributed by atoms with Crippen LogP contribution >= 0.6 is 34.8 Å². The number of hydrogen-bond donors (Lipinski definition) is 2. The molecule has 12 heteroatoms. The van der Waals surface area contributed by atoms with E-state index in [1.54, 1.807) is 0 Å². The minimum Gasteiger partial charge on any atom is -0.351 e. The maximum absolute atomic E-state index is 13.6. The number of carbonyl (C=O) groups excluding carboxylic acids is 1. The zero-order valence-corrected chi connectivity index (χ0v) is 18.2. The summed E-state index contributed by atoms with van der Waals surface area (Å²) in [7, 11) is 0. The van der Waals surface area contributed by atoms with Gasteiger partial charge in [0.15, 0.2) is 0 Å². The van der Waals surface area contributed by atoms with E-state index in [2.05, 4.69) is 5.32 Å². The lowest BCUT2D eigenvalue weighted by Gasteiger charge is -2.16. The zero-order valence-electron chi connectivity index (χ0n) is 16.0. The van der Waals surface area contributed by atoms with Crippen LogP contribution in [0.3, 0.4) is 0 Å². The van der Waals surface area contributed by atoms with Gasteiger partial charge in [-0.05, 0) is 41.8 Å². The number of nitrogens with one attached hydrogen (secondary N) is 1. The van der Waals surface area contributed by atoms with Crippen molar-refractivity contribution in [2.75, 3.05) is 13.1 Å². The molecule has 174 valence electrons. The Morgan fingerprint density at radius 2 is 1.59 bits per heavy atom. The number of amides is 1. The molecule has 2 aromatic carbocycles. The third-order valence-electron chi connectivity index (χ3n) is 4.21. The van der Waals surface area contributed by atoms with Crippen molar-refractivity contribution in [2.45, 2.75) is 18.8 Å². The molecule has 0 saturated carbocycles. The lowest BCUT2D eigenvalue weighted by Crippen LogP contribution is -2.30. The fourth-order valence-corrected chi connectivity index (χ4v) is 3.36. The molecule has 2 aromatic rings. The second-order valence-electron chi connectivity index (χ2n) is 6.50. The Hall–Kier alpha value is -1.94. The summed E-state index contributed by atoms with van der Waals surface area (Å²) < 4.78 is 81.1. The number of rotatable bonds is 6. The van der Waals surface area contributed by atoms with E-state index >= 15 is 0 Å². The third kappa shape index (κ3) is 6.54. The Labute approximate surface area is 194 Å². The van der Waals surface area contributed by atoms with Crippen molar-refractivity contribution in [1.82, 2.24) is 5.32 Å². The number of nitrogens with two attached hydrogens (primary N) is 1. The summed E-state index contributed by atoms with van der Waals surface area (Å²) >= 11 is 17.4. The van der Waals surface area contributed by atoms with E-state index in [0.29, 0.717) is 12.1 Å². The molecule has 0 fully saturated rings. The average molecular weight is 520 g/mol. The fraction of sp³-hybridized carbons (Fsp3) is 0.250. The van der Waals surface area contributed by atoms with Gasteiger partial charge in [0.05, 0.1) is 31.8 Å². The number of carbonyl (C=O) groups is 1. The summed E-state index contributed by atoms with van der Waals surface area (Å²) in [6.45, 7) is -0.0172. The molecule has 0 aromatic heterocycles. The van der Waals surface area contributed by atoms with Crippen LogP contribution in [0.2, 0.25) is 15.1 Å². The highest BCUT2D eigenvalue weighted by Gasteiger charge is 2.36. The van der Waals surface area contributed by atoms with Crippen LogP contribution in [-0.4, -0.2) is 25.2 Å². The van der Waals surface area contributed by atoms with E-state index in [1.807, 2.05) is 0 Å². The molecule has 0 unspecified atom stereocenters. The molecule has 2 rings (SSSR count). The lowest BCUT2D eigenvalue weighted by atomic mass is 9.98. The van der Waals surface area contributed by atoms with Crippen LogP contribution < -0.4 is 11.1 Å². The number of hydrogen-bond acceptors (Lipinski definition) is 2. The summed E-state index contributed by atoms with van der Waals surface area (Å²) in [5, 5.41) is 1.68. The quantitative estimate of drug-likeness (QED) is 0.336. The maximum atomic E-state index is 13.6. The van der Waals surface area contributed by atoms with Gasteiger partial charge in [-0.2, -0.15) is 26.3 Å². The Kier molecular flexibility index (Phi) is 8.50. The van der Waals surface area contributed by atoms with Gasteiger partial charge in [-0.1, -0.05) is 46.9 Å². The van der Waals surface area contributed by atoms with E-state index in [4.69, 9.17) is 40.5 Å². The standard InChI is InChI=1S/C20H15Cl3F6N2O/c21-15-8-11(9-16(22)17(15)23)13(19(24,25)26)4-2-10-1-3-12(18(32)31-6-5-30)14(7-10)20(27,28)29/h1,3-4,7-9H,2,5-6,30H2,(H,31,32). The maximum Gasteiger partial charge on any atom is 0.417 e. The highest BCUT2D eigenvalue weighted by molar-refractivity contribution is 6.48. The van der Waals surface area contributed by atoms with Crippen molar-refractivity contribution < 1.29 is 31.1 Å². The van der Waals surface area contributed by atoms with Gasteiger partial charge in [0.25, 0.3) is 5.91 Å². The Morgan fingerprint density at radius 3 is 2.09 bits per heavy atom. The van der Waals surface area contributed by atoms with E-state index in [9.17, 15) is 31.1 Å². The number of alkyl halides is 6. The number of benzene rings is 2. The molecular formula is C20H15Cl3F6N2O. The van der Waals surface area contributed by atoms with Crippen molar-refractivity contribution in [1.29, 1.82) is 0 Å². The minimum atomic E-state index is -4.90. The highest BCUT2D eigenvalue weighted by Crippen LogP contribution is 2.40. The first-order valence-corrected chi connectivity index (χ1v) is 9.99. The Balaban J connectivity index is 2.48. The van der Waals surface area contributed by atoms with E-state index in [-0.39, 0.29) is 33.7 Å². The van der Waals surface area contributed by atoms with Crippen LogP contribution in [0.15, 0.2) is 36.4 Å². The summed E-state index contributed by atoms with van der Waals surface area (Å²) in [5.74, 6) is -0.994. The van der Waals surface area contributed by atoms with Gasteiger partial charge >= 0.3 is 12.4 Å². The van der Waals surface area contributed by atoms with E-state index in [0.717, 1.165) is 24.3 Å². The molecule has 0 atom stereocenters. The molecule has 0 bridgehead atoms. The first-order valence-electron chi connectivity index (χ1n) is 8.86. The fourth-order valence-electron chi connectivity index (χ4n) is 2.76. The van der Waals surface area contributed by atoms with Crippen molar-refractivity contribution in [3.05, 3.63) is 73.7 Å². The lowest BCUT2D eigenvalue weighted by molar-refractivity contribution is -0.138. The van der Waals surface area contributed by atoms with Gasteiger partial charge in [0.2, 0.25) is 0 Å². The molecule has 0 radical (unpaired) electrons. The number of allylic oxidation sites excluding steroid dienone is 2. The normalized spacial score (nSPS) is 12.8. The topological polar surface area (TPSA) is 55.1 Å². The van der Waals surface area contributed by atoms with Gasteiger partial charge in [-0.15, -0.1) is 0 Å². The summed E-state index contributed by atoms with van der Waals surface area (Å²) in [4.78, 5) is 12.0. The second-order valence-corrected chi connectivity index (χ2v) is 7.69. The van der Waals surface area contributed by atoms with E-state index in [1.165, 1.54) is 0 Å². The average Bonchev–Trinajstić information content (AvgIpc) is 2.68. The predicted octanol–water partition coefficient (Wildman–Crippen LogP) is 6.54. The molecular weight excluding hydrogens is 505 g/mol. The Morgan fingerprint density at radius 1 is 1.00 bits per heavy atom. The first-order chi connectivity index (χ1) is 14.8. The van der Waals surface area contributed by atoms with Gasteiger partial charge < -0.3 is 11.1 Å². The van der Waals surface area contributed by atoms with Crippen LogP contribution in [0.1, 0.15) is 27.0 Å². The third-order valence-corrected chi connectivity index (χ3v) is 5.40. The SMILES string of the molecule is NCCNC(=O)c1ccc(CC=C(c2cc(Cl)c(Cl)c(Cl)c2)C(F)(F)F)cc1C(F)(F)F. The predicted molar refractivity (Wildman–Crippen MR) is 112 cm³/mol. The monoisotopic (exact) mass is 518 g/mol. The van der Waals surface area contributed by atoms with Crippen molar-refractivity contribution in [3.63, 3.8) is 0 Å². The van der Waals surface area contributed by atoms with Gasteiger partial charge in [0, 0.05) is 13.1 Å². The van der Waals surface area contributed by atoms with Crippen LogP contribution in [0.5, 0.6) is 0 Å². The van der Waals surface area contributed by atoms with Crippen molar-refractivity contribution >= 4 is 46.3 Å². The smallest absolute Gasteiger partial charge is 0.351 e. The molecule has 0 aliphatic heterocycles. The second kappa shape index (κ2) is 10.3. The van der Waals surface area contributed by atoms with Crippen molar-refractivity contribution in [3.8, 4) is 0 Å². The molecule has 0 aliphatic rings. The molecule has 3 N–H and O–H groups in total. The molecule has 0 spiro atoms.